The van der Waals surface area contributed by atoms with Crippen LogP contribution in [0.2, 0.25) is 0 Å². The average molecular weight is 282 g/mol. The summed E-state index contributed by atoms with van der Waals surface area (Å²) in [6, 6.07) is 1.62. The molecule has 1 rings (SSSR count). The summed E-state index contributed by atoms with van der Waals surface area (Å²) in [6.07, 6.45) is 3.64. The Labute approximate surface area is 120 Å². The van der Waals surface area contributed by atoms with Gasteiger partial charge in [-0.15, -0.1) is 0 Å². The summed E-state index contributed by atoms with van der Waals surface area (Å²) >= 11 is 0. The maximum atomic E-state index is 11.7. The predicted molar refractivity (Wildman–Crippen MR) is 78.3 cm³/mol. The van der Waals surface area contributed by atoms with Gasteiger partial charge in [-0.1, -0.05) is 20.8 Å². The summed E-state index contributed by atoms with van der Waals surface area (Å²) in [6.45, 7) is 9.18. The molecular formula is C14H26N4O2. The molecule has 0 aliphatic carbocycles. The highest BCUT2D eigenvalue weighted by Crippen LogP contribution is 2.14. The van der Waals surface area contributed by atoms with E-state index in [-0.39, 0.29) is 24.4 Å². The normalized spacial score (nSPS) is 15.7. The maximum Gasteiger partial charge on any atom is 0.314 e. The van der Waals surface area contributed by atoms with E-state index < -0.39 is 5.60 Å². The SMILES string of the molecule is CC(CNC(=O)NCC(C)(O)C(C)C)Cn1cccn1. The highest BCUT2D eigenvalue weighted by molar-refractivity contribution is 5.73. The van der Waals surface area contributed by atoms with Crippen molar-refractivity contribution in [2.45, 2.75) is 39.8 Å². The van der Waals surface area contributed by atoms with E-state index in [1.807, 2.05) is 37.7 Å². The van der Waals surface area contributed by atoms with Gasteiger partial charge in [0.1, 0.15) is 0 Å². The number of aliphatic hydroxyl groups is 1. The lowest BCUT2D eigenvalue weighted by molar-refractivity contribution is 0.0166. The van der Waals surface area contributed by atoms with Crippen LogP contribution in [0.25, 0.3) is 0 Å². The van der Waals surface area contributed by atoms with Crippen LogP contribution < -0.4 is 10.6 Å². The lowest BCUT2D eigenvalue weighted by Crippen LogP contribution is -2.48. The zero-order valence-electron chi connectivity index (χ0n) is 12.8. The van der Waals surface area contributed by atoms with Gasteiger partial charge in [-0.25, -0.2) is 4.79 Å². The molecule has 0 saturated carbocycles. The molecule has 6 nitrogen and oxygen atoms in total. The van der Waals surface area contributed by atoms with E-state index in [1.54, 1.807) is 13.1 Å². The number of hydrogen-bond donors (Lipinski definition) is 3. The molecule has 1 aromatic rings. The highest BCUT2D eigenvalue weighted by Gasteiger charge is 2.25. The first-order valence-corrected chi connectivity index (χ1v) is 7.02. The molecule has 0 radical (unpaired) electrons. The lowest BCUT2D eigenvalue weighted by Gasteiger charge is -2.27. The molecule has 20 heavy (non-hydrogen) atoms. The molecule has 0 bridgehead atoms. The number of carbonyl (C=O) groups excluding carboxylic acids is 1. The summed E-state index contributed by atoms with van der Waals surface area (Å²) in [5.41, 5.74) is -0.891. The lowest BCUT2D eigenvalue weighted by atomic mass is 9.93. The molecule has 0 spiro atoms. The Morgan fingerprint density at radius 3 is 2.65 bits per heavy atom. The number of carbonyl (C=O) groups is 1. The number of hydrogen-bond acceptors (Lipinski definition) is 3. The zero-order valence-corrected chi connectivity index (χ0v) is 12.8. The predicted octanol–water partition coefficient (Wildman–Crippen LogP) is 1.23. The summed E-state index contributed by atoms with van der Waals surface area (Å²) in [7, 11) is 0. The van der Waals surface area contributed by atoms with Gasteiger partial charge in [0.05, 0.1) is 5.60 Å². The number of amides is 2. The standard InChI is InChI=1S/C14H26N4O2/c1-11(2)14(4,20)10-16-13(19)15-8-12(3)9-18-7-5-6-17-18/h5-7,11-12,20H,8-10H2,1-4H3,(H2,15,16,19). The van der Waals surface area contributed by atoms with Crippen molar-refractivity contribution in [3.63, 3.8) is 0 Å². The number of urea groups is 1. The molecule has 2 unspecified atom stereocenters. The maximum absolute atomic E-state index is 11.7. The van der Waals surface area contributed by atoms with Crippen molar-refractivity contribution in [2.24, 2.45) is 11.8 Å². The third kappa shape index (κ3) is 5.61. The number of rotatable bonds is 7. The van der Waals surface area contributed by atoms with Crippen molar-refractivity contribution in [2.75, 3.05) is 13.1 Å². The van der Waals surface area contributed by atoms with Gasteiger partial charge >= 0.3 is 6.03 Å². The smallest absolute Gasteiger partial charge is 0.314 e. The average Bonchev–Trinajstić information content (AvgIpc) is 2.86. The van der Waals surface area contributed by atoms with E-state index in [1.165, 1.54) is 0 Å². The summed E-state index contributed by atoms with van der Waals surface area (Å²) in [5, 5.41) is 19.7. The Hall–Kier alpha value is -1.56. The minimum Gasteiger partial charge on any atom is -0.388 e. The van der Waals surface area contributed by atoms with Crippen molar-refractivity contribution < 1.29 is 9.90 Å². The van der Waals surface area contributed by atoms with Crippen LogP contribution in [-0.4, -0.2) is 39.6 Å². The van der Waals surface area contributed by atoms with Gasteiger partial charge in [0.25, 0.3) is 0 Å². The van der Waals surface area contributed by atoms with Gasteiger partial charge in [0.15, 0.2) is 0 Å². The molecule has 1 heterocycles. The van der Waals surface area contributed by atoms with Gasteiger partial charge in [0, 0.05) is 32.0 Å². The number of nitrogens with one attached hydrogen (secondary N) is 2. The number of aromatic nitrogens is 2. The van der Waals surface area contributed by atoms with Crippen molar-refractivity contribution in [1.82, 2.24) is 20.4 Å². The van der Waals surface area contributed by atoms with Crippen molar-refractivity contribution in [1.29, 1.82) is 0 Å². The van der Waals surface area contributed by atoms with Crippen LogP contribution in [0.4, 0.5) is 4.79 Å². The quantitative estimate of drug-likeness (QED) is 0.703. The Kier molecular flexibility index (Phi) is 6.01. The van der Waals surface area contributed by atoms with E-state index >= 15 is 0 Å². The molecule has 2 atom stereocenters. The van der Waals surface area contributed by atoms with Crippen LogP contribution in [0.5, 0.6) is 0 Å². The van der Waals surface area contributed by atoms with Crippen LogP contribution in [0.3, 0.4) is 0 Å². The first kappa shape index (κ1) is 16.5. The van der Waals surface area contributed by atoms with E-state index in [2.05, 4.69) is 15.7 Å². The monoisotopic (exact) mass is 282 g/mol. The second-order valence-electron chi connectivity index (χ2n) is 5.91. The van der Waals surface area contributed by atoms with Gasteiger partial charge in [-0.05, 0) is 24.8 Å². The molecule has 114 valence electrons. The second-order valence-corrected chi connectivity index (χ2v) is 5.91. The third-order valence-corrected chi connectivity index (χ3v) is 3.52. The van der Waals surface area contributed by atoms with Gasteiger partial charge in [-0.3, -0.25) is 4.68 Å². The Morgan fingerprint density at radius 1 is 1.40 bits per heavy atom. The molecule has 0 aromatic carbocycles. The summed E-state index contributed by atoms with van der Waals surface area (Å²) in [4.78, 5) is 11.7. The fourth-order valence-electron chi connectivity index (χ4n) is 1.59. The van der Waals surface area contributed by atoms with E-state index in [4.69, 9.17) is 0 Å². The molecule has 3 N–H and O–H groups in total. The molecule has 6 heteroatoms. The van der Waals surface area contributed by atoms with E-state index in [0.29, 0.717) is 6.54 Å². The fraction of sp³-hybridized carbons (Fsp3) is 0.714. The molecule has 0 fully saturated rings. The highest BCUT2D eigenvalue weighted by atomic mass is 16.3. The number of nitrogens with zero attached hydrogens (tertiary/aromatic N) is 2. The van der Waals surface area contributed by atoms with Crippen molar-refractivity contribution in [3.8, 4) is 0 Å². The minimum absolute atomic E-state index is 0.0848. The Balaban J connectivity index is 2.23. The second kappa shape index (κ2) is 7.28. The fourth-order valence-corrected chi connectivity index (χ4v) is 1.59. The topological polar surface area (TPSA) is 79.2 Å². The summed E-state index contributed by atoms with van der Waals surface area (Å²) < 4.78 is 1.84. The van der Waals surface area contributed by atoms with E-state index in [9.17, 15) is 9.90 Å². The van der Waals surface area contributed by atoms with Crippen LogP contribution in [0.15, 0.2) is 18.5 Å². The Morgan fingerprint density at radius 2 is 2.10 bits per heavy atom. The van der Waals surface area contributed by atoms with Gasteiger partial charge < -0.3 is 15.7 Å². The zero-order chi connectivity index (χ0) is 15.2. The van der Waals surface area contributed by atoms with Gasteiger partial charge in [0.2, 0.25) is 0 Å². The minimum atomic E-state index is -0.891. The Bertz CT molecular complexity index is 401. The third-order valence-electron chi connectivity index (χ3n) is 3.52. The first-order chi connectivity index (χ1) is 9.31. The van der Waals surface area contributed by atoms with Crippen LogP contribution in [-0.2, 0) is 6.54 Å². The van der Waals surface area contributed by atoms with Crippen LogP contribution >= 0.6 is 0 Å². The van der Waals surface area contributed by atoms with E-state index in [0.717, 1.165) is 6.54 Å². The molecule has 0 saturated heterocycles. The molecule has 0 aliphatic rings. The van der Waals surface area contributed by atoms with Crippen LogP contribution in [0, 0.1) is 11.8 Å². The largest absolute Gasteiger partial charge is 0.388 e. The molecule has 1 aromatic heterocycles. The molecule has 2 amide bonds. The first-order valence-electron chi connectivity index (χ1n) is 7.02. The molecular weight excluding hydrogens is 256 g/mol. The van der Waals surface area contributed by atoms with Gasteiger partial charge in [-0.2, -0.15) is 5.10 Å². The van der Waals surface area contributed by atoms with Crippen molar-refractivity contribution >= 4 is 6.03 Å². The molecule has 0 aliphatic heterocycles. The summed E-state index contributed by atoms with van der Waals surface area (Å²) in [5.74, 6) is 0.368. The van der Waals surface area contributed by atoms with Crippen LogP contribution in [0.1, 0.15) is 27.7 Å². The van der Waals surface area contributed by atoms with Crippen molar-refractivity contribution in [3.05, 3.63) is 18.5 Å².